The number of hydrogen-bond donors (Lipinski definition) is 3. The first-order chi connectivity index (χ1) is 11.3. The average Bonchev–Trinajstić information content (AvgIpc) is 2.99. The highest BCUT2D eigenvalue weighted by Gasteiger charge is 2.22. The molecule has 1 fully saturated rings. The lowest BCUT2D eigenvalue weighted by molar-refractivity contribution is 0.0697. The number of aromatic carboxylic acids is 1. The summed E-state index contributed by atoms with van der Waals surface area (Å²) in [6.45, 7) is 1.90. The maximum absolute atomic E-state index is 12.4. The molecule has 0 aromatic heterocycles. The van der Waals surface area contributed by atoms with E-state index in [0.29, 0.717) is 5.69 Å². The highest BCUT2D eigenvalue weighted by molar-refractivity contribution is 7.89. The molecule has 1 aliphatic carbocycles. The number of ether oxygens (including phenoxy) is 1. The zero-order valence-electron chi connectivity index (χ0n) is 13.9. The SMILES string of the molecule is COC[C@H](C)NS(=O)(=O)c1ccc(NC2CCCC2)c(C(=O)O)c1. The minimum absolute atomic E-state index is 0.0378. The molecular formula is C16H24N2O5S. The number of carbonyl (C=O) groups is 1. The van der Waals surface area contributed by atoms with Gasteiger partial charge in [-0.25, -0.2) is 17.9 Å². The molecule has 1 atom stereocenters. The summed E-state index contributed by atoms with van der Waals surface area (Å²) in [6.07, 6.45) is 4.23. The van der Waals surface area contributed by atoms with Crippen LogP contribution in [0.25, 0.3) is 0 Å². The van der Waals surface area contributed by atoms with Crippen molar-refractivity contribution < 1.29 is 23.1 Å². The lowest BCUT2D eigenvalue weighted by Gasteiger charge is -2.17. The van der Waals surface area contributed by atoms with Gasteiger partial charge in [0.1, 0.15) is 0 Å². The highest BCUT2D eigenvalue weighted by atomic mass is 32.2. The zero-order valence-corrected chi connectivity index (χ0v) is 14.7. The number of rotatable bonds is 8. The molecule has 0 saturated heterocycles. The molecule has 0 heterocycles. The van der Waals surface area contributed by atoms with Crippen molar-refractivity contribution in [2.24, 2.45) is 0 Å². The van der Waals surface area contributed by atoms with Crippen LogP contribution in [0.1, 0.15) is 43.0 Å². The van der Waals surface area contributed by atoms with Gasteiger partial charge < -0.3 is 15.2 Å². The minimum atomic E-state index is -3.80. The maximum atomic E-state index is 12.4. The van der Waals surface area contributed by atoms with Crippen molar-refractivity contribution in [2.75, 3.05) is 19.0 Å². The van der Waals surface area contributed by atoms with Crippen LogP contribution in [0.4, 0.5) is 5.69 Å². The number of anilines is 1. The molecule has 0 radical (unpaired) electrons. The first-order valence-electron chi connectivity index (χ1n) is 7.98. The topological polar surface area (TPSA) is 105 Å². The van der Waals surface area contributed by atoms with Crippen molar-refractivity contribution in [2.45, 2.75) is 49.6 Å². The van der Waals surface area contributed by atoms with E-state index in [4.69, 9.17) is 4.74 Å². The fourth-order valence-electron chi connectivity index (χ4n) is 2.90. The van der Waals surface area contributed by atoms with Gasteiger partial charge in [0.25, 0.3) is 0 Å². The Morgan fingerprint density at radius 1 is 1.38 bits per heavy atom. The van der Waals surface area contributed by atoms with Crippen molar-refractivity contribution in [3.05, 3.63) is 23.8 Å². The summed E-state index contributed by atoms with van der Waals surface area (Å²) in [5, 5.41) is 12.6. The number of nitrogens with one attached hydrogen (secondary N) is 2. The van der Waals surface area contributed by atoms with E-state index in [9.17, 15) is 18.3 Å². The van der Waals surface area contributed by atoms with Crippen molar-refractivity contribution in [1.82, 2.24) is 4.72 Å². The first-order valence-corrected chi connectivity index (χ1v) is 9.47. The van der Waals surface area contributed by atoms with Crippen LogP contribution in [0.5, 0.6) is 0 Å². The molecule has 3 N–H and O–H groups in total. The number of sulfonamides is 1. The molecular weight excluding hydrogens is 332 g/mol. The van der Waals surface area contributed by atoms with Crippen LogP contribution in [0.3, 0.4) is 0 Å². The Morgan fingerprint density at radius 2 is 2.04 bits per heavy atom. The van der Waals surface area contributed by atoms with E-state index in [1.165, 1.54) is 25.3 Å². The summed E-state index contributed by atoms with van der Waals surface area (Å²) in [5.74, 6) is -1.16. The van der Waals surface area contributed by atoms with Crippen LogP contribution in [0.2, 0.25) is 0 Å². The van der Waals surface area contributed by atoms with Gasteiger partial charge in [-0.15, -0.1) is 0 Å². The van der Waals surface area contributed by atoms with Crippen LogP contribution >= 0.6 is 0 Å². The highest BCUT2D eigenvalue weighted by Crippen LogP contribution is 2.26. The molecule has 0 amide bonds. The maximum Gasteiger partial charge on any atom is 0.337 e. The third-order valence-electron chi connectivity index (χ3n) is 4.02. The molecule has 134 valence electrons. The van der Waals surface area contributed by atoms with Gasteiger partial charge in [0.2, 0.25) is 10.0 Å². The number of hydrogen-bond acceptors (Lipinski definition) is 5. The molecule has 0 unspecified atom stereocenters. The molecule has 7 nitrogen and oxygen atoms in total. The van der Waals surface area contributed by atoms with E-state index in [-0.39, 0.29) is 23.1 Å². The Kier molecular flexibility index (Phi) is 6.20. The number of benzene rings is 1. The van der Waals surface area contributed by atoms with Crippen LogP contribution in [-0.2, 0) is 14.8 Å². The Bertz CT molecular complexity index is 684. The Balaban J connectivity index is 2.25. The normalized spacial score (nSPS) is 16.9. The third-order valence-corrected chi connectivity index (χ3v) is 5.61. The predicted octanol–water partition coefficient (Wildman–Crippen LogP) is 2.05. The summed E-state index contributed by atoms with van der Waals surface area (Å²) < 4.78 is 32.1. The molecule has 24 heavy (non-hydrogen) atoms. The summed E-state index contributed by atoms with van der Waals surface area (Å²) in [7, 11) is -2.32. The molecule has 1 saturated carbocycles. The molecule has 0 bridgehead atoms. The van der Waals surface area contributed by atoms with Gasteiger partial charge in [-0.2, -0.15) is 0 Å². The van der Waals surface area contributed by atoms with Gasteiger partial charge in [0, 0.05) is 24.9 Å². The molecule has 0 aliphatic heterocycles. The largest absolute Gasteiger partial charge is 0.478 e. The van der Waals surface area contributed by atoms with E-state index in [2.05, 4.69) is 10.0 Å². The van der Waals surface area contributed by atoms with E-state index >= 15 is 0 Å². The van der Waals surface area contributed by atoms with Gasteiger partial charge in [-0.05, 0) is 38.0 Å². The summed E-state index contributed by atoms with van der Waals surface area (Å²) >= 11 is 0. The van der Waals surface area contributed by atoms with Gasteiger partial charge in [-0.3, -0.25) is 0 Å². The van der Waals surface area contributed by atoms with Crippen LogP contribution < -0.4 is 10.0 Å². The second-order valence-corrected chi connectivity index (χ2v) is 7.83. The average molecular weight is 356 g/mol. The number of carboxylic acids is 1. The lowest BCUT2D eigenvalue weighted by Crippen LogP contribution is -2.35. The lowest BCUT2D eigenvalue weighted by atomic mass is 10.1. The fourth-order valence-corrected chi connectivity index (χ4v) is 4.15. The number of methoxy groups -OCH3 is 1. The summed E-state index contributed by atoms with van der Waals surface area (Å²) in [5.41, 5.74) is 0.419. The number of carboxylic acid groups (broad SMARTS) is 1. The van der Waals surface area contributed by atoms with Gasteiger partial charge in [-0.1, -0.05) is 12.8 Å². The standard InChI is InChI=1S/C16H24N2O5S/c1-11(10-23-2)18-24(21,22)13-7-8-15(14(9-13)16(19)20)17-12-5-3-4-6-12/h7-9,11-12,17-18H,3-6,10H2,1-2H3,(H,19,20)/t11-/m0/s1. The molecule has 1 aliphatic rings. The first kappa shape index (κ1) is 18.7. The quantitative estimate of drug-likeness (QED) is 0.658. The summed E-state index contributed by atoms with van der Waals surface area (Å²) in [6, 6.07) is 3.97. The third kappa shape index (κ3) is 4.68. The van der Waals surface area contributed by atoms with E-state index in [0.717, 1.165) is 25.7 Å². The van der Waals surface area contributed by atoms with E-state index < -0.39 is 22.0 Å². The zero-order chi connectivity index (χ0) is 17.7. The van der Waals surface area contributed by atoms with Crippen molar-refractivity contribution in [1.29, 1.82) is 0 Å². The summed E-state index contributed by atoms with van der Waals surface area (Å²) in [4.78, 5) is 11.5. The minimum Gasteiger partial charge on any atom is -0.478 e. The van der Waals surface area contributed by atoms with Crippen molar-refractivity contribution >= 4 is 21.7 Å². The monoisotopic (exact) mass is 356 g/mol. The van der Waals surface area contributed by atoms with Crippen LogP contribution in [-0.4, -0.2) is 45.3 Å². The van der Waals surface area contributed by atoms with E-state index in [1.807, 2.05) is 0 Å². The Morgan fingerprint density at radius 3 is 2.62 bits per heavy atom. The molecule has 0 spiro atoms. The Hall–Kier alpha value is -1.64. The predicted molar refractivity (Wildman–Crippen MR) is 90.9 cm³/mol. The molecule has 1 aromatic carbocycles. The molecule has 2 rings (SSSR count). The van der Waals surface area contributed by atoms with Crippen LogP contribution in [0.15, 0.2) is 23.1 Å². The van der Waals surface area contributed by atoms with Crippen molar-refractivity contribution in [3.8, 4) is 0 Å². The van der Waals surface area contributed by atoms with Gasteiger partial charge >= 0.3 is 5.97 Å². The smallest absolute Gasteiger partial charge is 0.337 e. The second-order valence-electron chi connectivity index (χ2n) is 6.12. The van der Waals surface area contributed by atoms with Crippen molar-refractivity contribution in [3.63, 3.8) is 0 Å². The fraction of sp³-hybridized carbons (Fsp3) is 0.562. The molecule has 1 aromatic rings. The second kappa shape index (κ2) is 7.96. The Labute approximate surface area is 142 Å². The molecule has 8 heteroatoms. The van der Waals surface area contributed by atoms with E-state index in [1.54, 1.807) is 6.92 Å². The van der Waals surface area contributed by atoms with Crippen LogP contribution in [0, 0.1) is 0 Å². The van der Waals surface area contributed by atoms with Gasteiger partial charge in [0.05, 0.1) is 17.1 Å². The van der Waals surface area contributed by atoms with Gasteiger partial charge in [0.15, 0.2) is 0 Å².